The molecule has 1 heterocycles. The molecule has 2 atom stereocenters. The molecule has 6 N–H and O–H groups in total. The number of amides is 1. The fourth-order valence-electron chi connectivity index (χ4n) is 5.12. The highest BCUT2D eigenvalue weighted by atomic mass is 35.5. The predicted octanol–water partition coefficient (Wildman–Crippen LogP) is 5.35. The van der Waals surface area contributed by atoms with Gasteiger partial charge in [-0.15, -0.1) is 23.2 Å². The average Bonchev–Trinajstić information content (AvgIpc) is 2.99. The van der Waals surface area contributed by atoms with Crippen LogP contribution in [0.1, 0.15) is 41.3 Å². The van der Waals surface area contributed by atoms with Gasteiger partial charge in [0.15, 0.2) is 0 Å². The lowest BCUT2D eigenvalue weighted by molar-refractivity contribution is 0.0831. The molecule has 4 rings (SSSR count). The Morgan fingerprint density at radius 2 is 1.77 bits per heavy atom. The van der Waals surface area contributed by atoms with Crippen LogP contribution in [-0.4, -0.2) is 71.3 Å². The molecule has 0 saturated carbocycles. The van der Waals surface area contributed by atoms with Crippen LogP contribution in [0, 0.1) is 0 Å². The molecule has 1 amide bonds. The van der Waals surface area contributed by atoms with Crippen molar-refractivity contribution in [3.05, 3.63) is 89.5 Å². The zero-order valence-electron chi connectivity index (χ0n) is 24.9. The van der Waals surface area contributed by atoms with Gasteiger partial charge in [0.1, 0.15) is 5.75 Å². The number of ether oxygens (including phenoxy) is 1. The second-order valence-corrected chi connectivity index (χ2v) is 12.7. The third-order valence-electron chi connectivity index (χ3n) is 7.41. The van der Waals surface area contributed by atoms with Crippen molar-refractivity contribution in [1.82, 2.24) is 10.6 Å². The van der Waals surface area contributed by atoms with Gasteiger partial charge in [0, 0.05) is 30.9 Å². The zero-order chi connectivity index (χ0) is 30.0. The third-order valence-corrected chi connectivity index (χ3v) is 9.35. The summed E-state index contributed by atoms with van der Waals surface area (Å²) in [7, 11) is -1.30. The monoisotopic (exact) mass is 632 g/mol. The third kappa shape index (κ3) is 10.0. The van der Waals surface area contributed by atoms with E-state index in [0.717, 1.165) is 41.8 Å². The Labute approximate surface area is 262 Å². The Bertz CT molecular complexity index is 1280. The molecule has 0 aromatic heterocycles. The Hall–Kier alpha value is -2.99. The van der Waals surface area contributed by atoms with Crippen LogP contribution in [0.15, 0.2) is 72.8 Å². The van der Waals surface area contributed by atoms with Crippen LogP contribution < -0.4 is 25.0 Å². The maximum atomic E-state index is 13.7. The summed E-state index contributed by atoms with van der Waals surface area (Å²) in [4.78, 5) is 13.7. The van der Waals surface area contributed by atoms with Crippen molar-refractivity contribution in [3.63, 3.8) is 0 Å². The molecule has 236 valence electrons. The molecule has 0 radical (unpaired) electrons. The Kier molecular flexibility index (Phi) is 13.4. The van der Waals surface area contributed by atoms with Gasteiger partial charge < -0.3 is 25.8 Å². The molecule has 1 aliphatic rings. The second kappa shape index (κ2) is 16.7. The molecule has 0 aliphatic carbocycles. The lowest BCUT2D eigenvalue weighted by atomic mass is 10.00. The fraction of sp³-hybridized carbons (Fsp3) is 0.406. The summed E-state index contributed by atoms with van der Waals surface area (Å²) in [6, 6.07) is 22.5. The van der Waals surface area contributed by atoms with Crippen molar-refractivity contribution < 1.29 is 23.7 Å². The first kappa shape index (κ1) is 34.5. The first-order valence-corrected chi connectivity index (χ1v) is 16.3. The van der Waals surface area contributed by atoms with Crippen molar-refractivity contribution in [2.24, 2.45) is 0 Å². The minimum absolute atomic E-state index is 0. The zero-order valence-corrected chi connectivity index (χ0v) is 26.5. The summed E-state index contributed by atoms with van der Waals surface area (Å²) in [5.41, 5.74) is 3.87. The number of aliphatic hydroxyl groups is 1. The standard InChI is InChI=1S/C32H44N4O5S.ClH/c1-3-34-27-20-26(21-28(22-27)36-17-7-8-18-42(36,39)40)32(38)35-30(19-25-9-5-4-6-10-25)31(37)23-33-16-15-24-11-13-29(41-2)14-12-24;/h4-6,9-14,20-22,30-31,33-34,37,39-40H,3,7-8,15-19,23H2,1-2H3,(H,35,38);1H/t30-,31+;/m0./s1. The topological polar surface area (TPSA) is 126 Å². The second-order valence-electron chi connectivity index (χ2n) is 10.6. The maximum Gasteiger partial charge on any atom is 0.251 e. The molecular weight excluding hydrogens is 588 g/mol. The number of hydrogen-bond donors (Lipinski definition) is 6. The van der Waals surface area contributed by atoms with E-state index >= 15 is 0 Å². The number of benzene rings is 3. The van der Waals surface area contributed by atoms with Crippen LogP contribution >= 0.6 is 23.2 Å². The van der Waals surface area contributed by atoms with E-state index in [2.05, 4.69) is 16.0 Å². The van der Waals surface area contributed by atoms with Gasteiger partial charge in [0.25, 0.3) is 5.91 Å². The summed E-state index contributed by atoms with van der Waals surface area (Å²) in [5, 5.41) is 20.9. The minimum atomic E-state index is -2.95. The first-order chi connectivity index (χ1) is 20.3. The summed E-state index contributed by atoms with van der Waals surface area (Å²) in [6.45, 7) is 4.11. The summed E-state index contributed by atoms with van der Waals surface area (Å²) < 4.78 is 28.3. The molecule has 0 unspecified atom stereocenters. The SMILES string of the molecule is CCNc1cc(C(=O)N[C@@H](Cc2ccccc2)[C@H](O)CNCCc2ccc(OC)cc2)cc(N2CCCCS2(O)O)c1.Cl. The smallest absolute Gasteiger partial charge is 0.251 e. The van der Waals surface area contributed by atoms with Gasteiger partial charge in [-0.1, -0.05) is 42.5 Å². The highest BCUT2D eigenvalue weighted by molar-refractivity contribution is 8.25. The van der Waals surface area contributed by atoms with Crippen LogP contribution in [-0.2, 0) is 12.8 Å². The molecule has 43 heavy (non-hydrogen) atoms. The van der Waals surface area contributed by atoms with Gasteiger partial charge in [-0.05, 0) is 80.6 Å². The van der Waals surface area contributed by atoms with Crippen LogP contribution in [0.4, 0.5) is 11.4 Å². The van der Waals surface area contributed by atoms with E-state index in [1.165, 1.54) is 0 Å². The largest absolute Gasteiger partial charge is 0.497 e. The van der Waals surface area contributed by atoms with Gasteiger partial charge in [0.2, 0.25) is 0 Å². The average molecular weight is 633 g/mol. The molecule has 0 bridgehead atoms. The van der Waals surface area contributed by atoms with E-state index in [0.29, 0.717) is 49.6 Å². The molecule has 1 saturated heterocycles. The number of rotatable bonds is 14. The summed E-state index contributed by atoms with van der Waals surface area (Å²) in [5.74, 6) is 0.799. The Balaban J connectivity index is 0.00000506. The molecule has 11 heteroatoms. The number of hydrogen-bond acceptors (Lipinski definition) is 8. The number of nitrogens with one attached hydrogen (secondary N) is 3. The van der Waals surface area contributed by atoms with Crippen LogP contribution in [0.3, 0.4) is 0 Å². The number of methoxy groups -OCH3 is 1. The van der Waals surface area contributed by atoms with Gasteiger partial charge >= 0.3 is 0 Å². The Morgan fingerprint density at radius 1 is 1.02 bits per heavy atom. The van der Waals surface area contributed by atoms with E-state index in [1.54, 1.807) is 23.5 Å². The van der Waals surface area contributed by atoms with Crippen molar-refractivity contribution in [2.45, 2.75) is 44.8 Å². The number of halogens is 1. The number of carbonyl (C=O) groups is 1. The van der Waals surface area contributed by atoms with Gasteiger partial charge in [-0.2, -0.15) is 0 Å². The van der Waals surface area contributed by atoms with Crippen molar-refractivity contribution in [1.29, 1.82) is 0 Å². The van der Waals surface area contributed by atoms with Gasteiger partial charge in [0.05, 0.1) is 30.7 Å². The lowest BCUT2D eigenvalue weighted by Crippen LogP contribution is -2.49. The van der Waals surface area contributed by atoms with Crippen LogP contribution in [0.2, 0.25) is 0 Å². The number of aliphatic hydroxyl groups excluding tert-OH is 1. The Morgan fingerprint density at radius 3 is 2.44 bits per heavy atom. The van der Waals surface area contributed by atoms with E-state index in [-0.39, 0.29) is 18.3 Å². The van der Waals surface area contributed by atoms with E-state index in [9.17, 15) is 19.0 Å². The van der Waals surface area contributed by atoms with Crippen molar-refractivity contribution >= 4 is 40.5 Å². The van der Waals surface area contributed by atoms with Gasteiger partial charge in [-0.3, -0.25) is 18.2 Å². The van der Waals surface area contributed by atoms with Crippen molar-refractivity contribution in [3.8, 4) is 5.75 Å². The predicted molar refractivity (Wildman–Crippen MR) is 179 cm³/mol. The highest BCUT2D eigenvalue weighted by Crippen LogP contribution is 2.50. The lowest BCUT2D eigenvalue weighted by Gasteiger charge is -2.47. The minimum Gasteiger partial charge on any atom is -0.497 e. The first-order valence-electron chi connectivity index (χ1n) is 14.6. The molecule has 0 spiro atoms. The maximum absolute atomic E-state index is 13.7. The van der Waals surface area contributed by atoms with E-state index in [4.69, 9.17) is 4.74 Å². The molecule has 9 nitrogen and oxygen atoms in total. The molecule has 1 aliphatic heterocycles. The van der Waals surface area contributed by atoms with Crippen LogP contribution in [0.25, 0.3) is 0 Å². The normalized spacial score (nSPS) is 16.3. The number of carbonyl (C=O) groups excluding carboxylic acids is 1. The molecular formula is C32H45ClN4O5S. The number of anilines is 2. The summed E-state index contributed by atoms with van der Waals surface area (Å²) in [6.07, 6.45) is 2.02. The van der Waals surface area contributed by atoms with E-state index in [1.807, 2.05) is 67.6 Å². The van der Waals surface area contributed by atoms with Gasteiger partial charge in [-0.25, -0.2) is 0 Å². The van der Waals surface area contributed by atoms with E-state index < -0.39 is 22.9 Å². The molecule has 1 fully saturated rings. The van der Waals surface area contributed by atoms with Crippen molar-refractivity contribution in [2.75, 3.05) is 48.7 Å². The fourth-order valence-corrected chi connectivity index (χ4v) is 6.79. The summed E-state index contributed by atoms with van der Waals surface area (Å²) >= 11 is 0. The molecule has 3 aromatic carbocycles. The molecule has 3 aromatic rings. The highest BCUT2D eigenvalue weighted by Gasteiger charge is 2.28. The quantitative estimate of drug-likeness (QED) is 0.131. The van der Waals surface area contributed by atoms with Crippen LogP contribution in [0.5, 0.6) is 5.75 Å². The number of nitrogens with zero attached hydrogens (tertiary/aromatic N) is 1.